The molecule has 0 bridgehead atoms. The number of methoxy groups -OCH3 is 1. The zero-order valence-corrected chi connectivity index (χ0v) is 15.0. The van der Waals surface area contributed by atoms with E-state index in [0.717, 1.165) is 11.3 Å². The van der Waals surface area contributed by atoms with Crippen molar-refractivity contribution < 1.29 is 4.74 Å². The van der Waals surface area contributed by atoms with Crippen molar-refractivity contribution in [1.82, 2.24) is 9.97 Å². The summed E-state index contributed by atoms with van der Waals surface area (Å²) in [6.07, 6.45) is 1.67. The summed E-state index contributed by atoms with van der Waals surface area (Å²) >= 11 is 12.2. The third-order valence-electron chi connectivity index (χ3n) is 3.47. The molecule has 3 rings (SSSR count). The van der Waals surface area contributed by atoms with Crippen LogP contribution in [0.3, 0.4) is 0 Å². The number of hydrogen-bond donors (Lipinski definition) is 2. The van der Waals surface area contributed by atoms with E-state index < -0.39 is 0 Å². The predicted octanol–water partition coefficient (Wildman–Crippen LogP) is 5.15. The maximum absolute atomic E-state index is 6.16. The van der Waals surface area contributed by atoms with Crippen LogP contribution >= 0.6 is 23.2 Å². The van der Waals surface area contributed by atoms with E-state index >= 15 is 0 Å². The van der Waals surface area contributed by atoms with Crippen LogP contribution in [0.4, 0.5) is 17.5 Å². The van der Waals surface area contributed by atoms with E-state index in [1.54, 1.807) is 37.6 Å². The highest BCUT2D eigenvalue weighted by Crippen LogP contribution is 2.30. The van der Waals surface area contributed by atoms with Gasteiger partial charge in [-0.15, -0.1) is 0 Å². The highest BCUT2D eigenvalue weighted by atomic mass is 35.5. The van der Waals surface area contributed by atoms with Gasteiger partial charge in [-0.25, -0.2) is 4.98 Å². The molecule has 0 radical (unpaired) electrons. The van der Waals surface area contributed by atoms with Crippen LogP contribution in [-0.4, -0.2) is 17.1 Å². The number of nitrogens with one attached hydrogen (secondary N) is 2. The molecule has 0 atom stereocenters. The molecule has 0 aliphatic rings. The Kier molecular flexibility index (Phi) is 5.58. The number of nitrogens with zero attached hydrogens (tertiary/aromatic N) is 2. The summed E-state index contributed by atoms with van der Waals surface area (Å²) in [5.74, 6) is 1.79. The first kappa shape index (κ1) is 17.3. The van der Waals surface area contributed by atoms with Gasteiger partial charge in [-0.2, -0.15) is 4.98 Å². The molecule has 7 heteroatoms. The molecule has 5 nitrogen and oxygen atoms in total. The Bertz CT molecular complexity index is 873. The molecule has 0 saturated carbocycles. The second-order valence-electron chi connectivity index (χ2n) is 5.18. The quantitative estimate of drug-likeness (QED) is 0.624. The summed E-state index contributed by atoms with van der Waals surface area (Å²) in [5, 5.41) is 7.66. The van der Waals surface area contributed by atoms with Crippen LogP contribution in [0, 0.1) is 0 Å². The molecule has 3 aromatic rings. The Morgan fingerprint density at radius 3 is 2.72 bits per heavy atom. The number of aromatic nitrogens is 2. The summed E-state index contributed by atoms with van der Waals surface area (Å²) in [5.41, 5.74) is 1.70. The first-order valence-electron chi connectivity index (χ1n) is 7.56. The van der Waals surface area contributed by atoms with Crippen LogP contribution in [0.25, 0.3) is 0 Å². The summed E-state index contributed by atoms with van der Waals surface area (Å²) in [4.78, 5) is 8.67. The Balaban J connectivity index is 1.74. The summed E-state index contributed by atoms with van der Waals surface area (Å²) in [6, 6.07) is 14.7. The van der Waals surface area contributed by atoms with Gasteiger partial charge in [0, 0.05) is 22.8 Å². The van der Waals surface area contributed by atoms with Crippen LogP contribution in [0.15, 0.2) is 54.7 Å². The summed E-state index contributed by atoms with van der Waals surface area (Å²) < 4.78 is 5.33. The molecule has 2 N–H and O–H groups in total. The summed E-state index contributed by atoms with van der Waals surface area (Å²) in [6.45, 7) is 0.531. The average Bonchev–Trinajstić information content (AvgIpc) is 2.62. The Hall–Kier alpha value is -2.50. The van der Waals surface area contributed by atoms with Crippen LogP contribution in [0.2, 0.25) is 10.0 Å². The first-order valence-corrected chi connectivity index (χ1v) is 8.32. The monoisotopic (exact) mass is 374 g/mol. The van der Waals surface area contributed by atoms with E-state index in [2.05, 4.69) is 20.6 Å². The lowest BCUT2D eigenvalue weighted by atomic mass is 10.2. The van der Waals surface area contributed by atoms with Crippen molar-refractivity contribution >= 4 is 40.7 Å². The van der Waals surface area contributed by atoms with E-state index in [1.165, 1.54) is 0 Å². The van der Waals surface area contributed by atoms with E-state index in [0.29, 0.717) is 34.1 Å². The zero-order chi connectivity index (χ0) is 17.6. The zero-order valence-electron chi connectivity index (χ0n) is 13.5. The topological polar surface area (TPSA) is 59.1 Å². The van der Waals surface area contributed by atoms with Gasteiger partial charge < -0.3 is 15.4 Å². The van der Waals surface area contributed by atoms with Crippen LogP contribution in [0.1, 0.15) is 5.56 Å². The number of hydrogen-bond acceptors (Lipinski definition) is 5. The highest BCUT2D eigenvalue weighted by Gasteiger charge is 2.07. The molecular formula is C18H16Cl2N4O. The fourth-order valence-corrected chi connectivity index (χ4v) is 2.62. The van der Waals surface area contributed by atoms with E-state index in [1.807, 2.05) is 24.3 Å². The fraction of sp³-hybridized carbons (Fsp3) is 0.111. The molecule has 0 fully saturated rings. The number of rotatable bonds is 6. The molecule has 0 aliphatic heterocycles. The largest absolute Gasteiger partial charge is 0.495 e. The Morgan fingerprint density at radius 1 is 1.08 bits per heavy atom. The van der Waals surface area contributed by atoms with Gasteiger partial charge in [0.15, 0.2) is 0 Å². The predicted molar refractivity (Wildman–Crippen MR) is 102 cm³/mol. The van der Waals surface area contributed by atoms with Gasteiger partial charge in [0.1, 0.15) is 11.6 Å². The lowest BCUT2D eigenvalue weighted by Gasteiger charge is -2.12. The molecule has 0 aliphatic carbocycles. The molecular weight excluding hydrogens is 359 g/mol. The SMILES string of the molecule is COc1ccc(Cl)cc1Nc1ccnc(NCc2ccccc2Cl)n1. The Labute approximate surface area is 156 Å². The Morgan fingerprint density at radius 2 is 1.92 bits per heavy atom. The van der Waals surface area contributed by atoms with Crippen molar-refractivity contribution in [3.63, 3.8) is 0 Å². The third-order valence-corrected chi connectivity index (χ3v) is 4.08. The minimum absolute atomic E-state index is 0.492. The number of anilines is 3. The molecule has 25 heavy (non-hydrogen) atoms. The number of benzene rings is 2. The van der Waals surface area contributed by atoms with E-state index in [-0.39, 0.29) is 0 Å². The van der Waals surface area contributed by atoms with Crippen LogP contribution < -0.4 is 15.4 Å². The normalized spacial score (nSPS) is 10.4. The van der Waals surface area contributed by atoms with Gasteiger partial charge in [0.05, 0.1) is 12.8 Å². The number of halogens is 2. The summed E-state index contributed by atoms with van der Waals surface area (Å²) in [7, 11) is 1.60. The van der Waals surface area contributed by atoms with Gasteiger partial charge in [-0.1, -0.05) is 41.4 Å². The van der Waals surface area contributed by atoms with Crippen molar-refractivity contribution in [1.29, 1.82) is 0 Å². The van der Waals surface area contributed by atoms with Gasteiger partial charge in [0.2, 0.25) is 5.95 Å². The molecule has 0 saturated heterocycles. The van der Waals surface area contributed by atoms with Crippen molar-refractivity contribution in [2.75, 3.05) is 17.7 Å². The van der Waals surface area contributed by atoms with Gasteiger partial charge in [0.25, 0.3) is 0 Å². The molecule has 0 spiro atoms. The van der Waals surface area contributed by atoms with Gasteiger partial charge >= 0.3 is 0 Å². The van der Waals surface area contributed by atoms with Crippen molar-refractivity contribution in [3.8, 4) is 5.75 Å². The van der Waals surface area contributed by atoms with E-state index in [9.17, 15) is 0 Å². The second-order valence-corrected chi connectivity index (χ2v) is 6.02. The molecule has 128 valence electrons. The van der Waals surface area contributed by atoms with Crippen LogP contribution in [-0.2, 0) is 6.54 Å². The van der Waals surface area contributed by atoms with Crippen molar-refractivity contribution in [3.05, 3.63) is 70.3 Å². The molecule has 0 amide bonds. The maximum atomic E-state index is 6.16. The lowest BCUT2D eigenvalue weighted by Crippen LogP contribution is -2.05. The molecule has 1 aromatic heterocycles. The van der Waals surface area contributed by atoms with Crippen molar-refractivity contribution in [2.45, 2.75) is 6.54 Å². The van der Waals surface area contributed by atoms with E-state index in [4.69, 9.17) is 27.9 Å². The van der Waals surface area contributed by atoms with Crippen LogP contribution in [0.5, 0.6) is 5.75 Å². The molecule has 0 unspecified atom stereocenters. The third kappa shape index (κ3) is 4.53. The average molecular weight is 375 g/mol. The minimum Gasteiger partial charge on any atom is -0.495 e. The van der Waals surface area contributed by atoms with Crippen molar-refractivity contribution in [2.24, 2.45) is 0 Å². The maximum Gasteiger partial charge on any atom is 0.224 e. The fourth-order valence-electron chi connectivity index (χ4n) is 2.25. The minimum atomic E-state index is 0.492. The molecule has 2 aromatic carbocycles. The first-order chi connectivity index (χ1) is 12.2. The lowest BCUT2D eigenvalue weighted by molar-refractivity contribution is 0.417. The standard InChI is InChI=1S/C18H16Cl2N4O/c1-25-16-7-6-13(19)10-15(16)23-17-8-9-21-18(24-17)22-11-12-4-2-3-5-14(12)20/h2-10H,11H2,1H3,(H2,21,22,23,24). The van der Waals surface area contributed by atoms with Gasteiger partial charge in [-0.3, -0.25) is 0 Å². The second kappa shape index (κ2) is 8.05. The number of ether oxygens (including phenoxy) is 1. The van der Waals surface area contributed by atoms with Gasteiger partial charge in [-0.05, 0) is 35.9 Å². The smallest absolute Gasteiger partial charge is 0.224 e. The highest BCUT2D eigenvalue weighted by molar-refractivity contribution is 6.31. The molecule has 1 heterocycles.